The van der Waals surface area contributed by atoms with E-state index in [1.165, 1.54) is 12.0 Å². The summed E-state index contributed by atoms with van der Waals surface area (Å²) in [4.78, 5) is 0. The molecule has 0 unspecified atom stereocenters. The fourth-order valence-corrected chi connectivity index (χ4v) is 3.65. The second-order valence-corrected chi connectivity index (χ2v) is 6.14. The van der Waals surface area contributed by atoms with Crippen LogP contribution in [0.4, 0.5) is 0 Å². The molecule has 4 atom stereocenters. The van der Waals surface area contributed by atoms with E-state index in [-0.39, 0.29) is 12.0 Å². The Labute approximate surface area is 123 Å². The standard InChI is InChI=1S/C17H25ClO/c1-3-12(4-2)15-6-5-7-16(17(15)19)13-8-10-14(18)11-9-13/h8-12,15-17,19H,3-7H2,1-2H3/t15-,16+,17+/m1/s1/i1D/t12-,15-,16+,17+. The van der Waals surface area contributed by atoms with Crippen molar-refractivity contribution in [2.45, 2.75) is 57.9 Å². The summed E-state index contributed by atoms with van der Waals surface area (Å²) in [7, 11) is 0. The van der Waals surface area contributed by atoms with Crippen molar-refractivity contribution in [3.05, 3.63) is 34.9 Å². The van der Waals surface area contributed by atoms with Crippen LogP contribution in [-0.2, 0) is 0 Å². The zero-order valence-electron chi connectivity index (χ0n) is 12.7. The summed E-state index contributed by atoms with van der Waals surface area (Å²) in [6.45, 7) is 2.65. The van der Waals surface area contributed by atoms with E-state index in [2.05, 4.69) is 6.92 Å². The second-order valence-electron chi connectivity index (χ2n) is 5.70. The van der Waals surface area contributed by atoms with Gasteiger partial charge in [0.1, 0.15) is 0 Å². The van der Waals surface area contributed by atoms with Crippen LogP contribution in [0.2, 0.25) is 5.02 Å². The van der Waals surface area contributed by atoms with Gasteiger partial charge in [0.2, 0.25) is 0 Å². The lowest BCUT2D eigenvalue weighted by Gasteiger charge is -2.39. The van der Waals surface area contributed by atoms with Crippen molar-refractivity contribution in [3.63, 3.8) is 0 Å². The molecule has 0 bridgehead atoms. The van der Waals surface area contributed by atoms with Gasteiger partial charge in [0.05, 0.1) is 6.10 Å². The van der Waals surface area contributed by atoms with E-state index in [9.17, 15) is 5.11 Å². The quantitative estimate of drug-likeness (QED) is 0.821. The minimum Gasteiger partial charge on any atom is -0.392 e. The Hall–Kier alpha value is -0.530. The van der Waals surface area contributed by atoms with Gasteiger partial charge in [0, 0.05) is 12.3 Å². The molecule has 0 aromatic heterocycles. The van der Waals surface area contributed by atoms with Gasteiger partial charge < -0.3 is 5.11 Å². The van der Waals surface area contributed by atoms with E-state index in [0.717, 1.165) is 30.7 Å². The zero-order chi connectivity index (χ0) is 14.5. The Balaban J connectivity index is 2.13. The highest BCUT2D eigenvalue weighted by Crippen LogP contribution is 2.41. The van der Waals surface area contributed by atoms with Crippen LogP contribution < -0.4 is 0 Å². The van der Waals surface area contributed by atoms with Crippen LogP contribution in [0.25, 0.3) is 0 Å². The predicted molar refractivity (Wildman–Crippen MR) is 81.6 cm³/mol. The molecule has 1 fully saturated rings. The Morgan fingerprint density at radius 1 is 1.32 bits per heavy atom. The number of aliphatic hydroxyl groups excluding tert-OH is 1. The van der Waals surface area contributed by atoms with Crippen molar-refractivity contribution in [1.82, 2.24) is 0 Å². The van der Waals surface area contributed by atoms with E-state index >= 15 is 0 Å². The molecule has 0 radical (unpaired) electrons. The van der Waals surface area contributed by atoms with Gasteiger partial charge in [-0.05, 0) is 42.4 Å². The van der Waals surface area contributed by atoms with Crippen LogP contribution in [0.5, 0.6) is 0 Å². The first-order valence-electron chi connectivity index (χ1n) is 8.10. The molecule has 0 spiro atoms. The average molecular weight is 282 g/mol. The van der Waals surface area contributed by atoms with Crippen LogP contribution in [0.3, 0.4) is 0 Å². The lowest BCUT2D eigenvalue weighted by molar-refractivity contribution is 0.0163. The fraction of sp³-hybridized carbons (Fsp3) is 0.647. The largest absolute Gasteiger partial charge is 0.392 e. The van der Waals surface area contributed by atoms with Crippen LogP contribution >= 0.6 is 11.6 Å². The molecule has 1 aromatic rings. The number of benzene rings is 1. The third kappa shape index (κ3) is 3.32. The summed E-state index contributed by atoms with van der Waals surface area (Å²) in [6.07, 6.45) is 5.02. The van der Waals surface area contributed by atoms with Gasteiger partial charge in [0.25, 0.3) is 0 Å². The first kappa shape index (κ1) is 13.5. The molecule has 2 rings (SSSR count). The lowest BCUT2D eigenvalue weighted by atomic mass is 9.69. The fourth-order valence-electron chi connectivity index (χ4n) is 3.52. The highest BCUT2D eigenvalue weighted by Gasteiger charge is 2.35. The topological polar surface area (TPSA) is 20.2 Å². The molecule has 0 amide bonds. The summed E-state index contributed by atoms with van der Waals surface area (Å²) in [5, 5.41) is 11.5. The van der Waals surface area contributed by atoms with Crippen LogP contribution in [-0.4, -0.2) is 11.2 Å². The number of hydrogen-bond acceptors (Lipinski definition) is 1. The van der Waals surface area contributed by atoms with Crippen molar-refractivity contribution in [2.75, 3.05) is 0 Å². The third-order valence-corrected chi connectivity index (χ3v) is 4.95. The molecular weight excluding hydrogens is 256 g/mol. The van der Waals surface area contributed by atoms with Gasteiger partial charge in [-0.2, -0.15) is 0 Å². The maximum Gasteiger partial charge on any atom is 0.0639 e. The minimum absolute atomic E-state index is 0.228. The maximum atomic E-state index is 10.8. The predicted octanol–water partition coefficient (Wildman–Crippen LogP) is 5.02. The van der Waals surface area contributed by atoms with Crippen molar-refractivity contribution < 1.29 is 6.48 Å². The highest BCUT2D eigenvalue weighted by molar-refractivity contribution is 6.30. The smallest absolute Gasteiger partial charge is 0.0639 e. The molecule has 1 nitrogen and oxygen atoms in total. The Morgan fingerprint density at radius 2 is 2.05 bits per heavy atom. The SMILES string of the molecule is [2H]CC[C@H](CC)[C@H]1CCC[C@@H](c2ccc(Cl)cc2)[C@H]1O. The van der Waals surface area contributed by atoms with Crippen molar-refractivity contribution in [2.24, 2.45) is 11.8 Å². The number of halogens is 1. The van der Waals surface area contributed by atoms with Crippen molar-refractivity contribution in [3.8, 4) is 0 Å². The molecule has 106 valence electrons. The third-order valence-electron chi connectivity index (χ3n) is 4.70. The monoisotopic (exact) mass is 281 g/mol. The summed E-state index contributed by atoms with van der Waals surface area (Å²) in [5.74, 6) is 1.06. The summed E-state index contributed by atoms with van der Waals surface area (Å²) in [6, 6.07) is 7.91. The summed E-state index contributed by atoms with van der Waals surface area (Å²) in [5.41, 5.74) is 1.20. The molecule has 1 saturated carbocycles. The molecule has 1 N–H and O–H groups in total. The van der Waals surface area contributed by atoms with Gasteiger partial charge in [-0.3, -0.25) is 0 Å². The number of rotatable bonds is 4. The molecular formula is C17H25ClO. The van der Waals surface area contributed by atoms with Crippen molar-refractivity contribution in [1.29, 1.82) is 0 Å². The Bertz CT molecular complexity index is 406. The molecule has 0 saturated heterocycles. The molecule has 1 aliphatic rings. The molecule has 2 heteroatoms. The van der Waals surface area contributed by atoms with Gasteiger partial charge in [-0.1, -0.05) is 56.8 Å². The number of hydrogen-bond donors (Lipinski definition) is 1. The first-order chi connectivity index (χ1) is 9.67. The summed E-state index contributed by atoms with van der Waals surface area (Å²) >= 11 is 5.95. The van der Waals surface area contributed by atoms with Gasteiger partial charge in [-0.25, -0.2) is 0 Å². The van der Waals surface area contributed by atoms with E-state index in [0.29, 0.717) is 18.7 Å². The molecule has 1 aromatic carbocycles. The Kier molecular flexibility index (Phi) is 4.79. The highest BCUT2D eigenvalue weighted by atomic mass is 35.5. The molecule has 1 aliphatic carbocycles. The molecule has 19 heavy (non-hydrogen) atoms. The van der Waals surface area contributed by atoms with Crippen molar-refractivity contribution >= 4 is 11.6 Å². The lowest BCUT2D eigenvalue weighted by Crippen LogP contribution is -2.36. The molecule has 0 heterocycles. The molecule has 0 aliphatic heterocycles. The van der Waals surface area contributed by atoms with E-state index in [1.807, 2.05) is 24.3 Å². The van der Waals surface area contributed by atoms with Crippen LogP contribution in [0, 0.1) is 11.8 Å². The van der Waals surface area contributed by atoms with Gasteiger partial charge in [0.15, 0.2) is 0 Å². The number of aliphatic hydroxyl groups is 1. The average Bonchev–Trinajstić information content (AvgIpc) is 2.46. The van der Waals surface area contributed by atoms with E-state index in [4.69, 9.17) is 13.0 Å². The summed E-state index contributed by atoms with van der Waals surface area (Å²) < 4.78 is 7.46. The first-order valence-corrected chi connectivity index (χ1v) is 7.78. The van der Waals surface area contributed by atoms with E-state index < -0.39 is 0 Å². The maximum absolute atomic E-state index is 10.8. The second kappa shape index (κ2) is 6.76. The van der Waals surface area contributed by atoms with Crippen LogP contribution in [0.1, 0.15) is 58.8 Å². The minimum atomic E-state index is -0.276. The Morgan fingerprint density at radius 3 is 2.68 bits per heavy atom. The van der Waals surface area contributed by atoms with Gasteiger partial charge in [-0.15, -0.1) is 0 Å². The zero-order valence-corrected chi connectivity index (χ0v) is 12.4. The normalized spacial score (nSPS) is 29.8. The van der Waals surface area contributed by atoms with Crippen LogP contribution in [0.15, 0.2) is 24.3 Å². The van der Waals surface area contributed by atoms with Gasteiger partial charge >= 0.3 is 0 Å². The van der Waals surface area contributed by atoms with E-state index in [1.54, 1.807) is 0 Å².